The second-order valence-electron chi connectivity index (χ2n) is 1.31. The first-order valence-electron chi connectivity index (χ1n) is 2.13. The summed E-state index contributed by atoms with van der Waals surface area (Å²) in [5, 5.41) is 0.563. The van der Waals surface area contributed by atoms with Gasteiger partial charge in [0.25, 0.3) is 0 Å². The van der Waals surface area contributed by atoms with Crippen LogP contribution in [0.25, 0.3) is 0 Å². The van der Waals surface area contributed by atoms with Crippen molar-refractivity contribution in [1.29, 1.82) is 0 Å². The van der Waals surface area contributed by atoms with Crippen LogP contribution in [0.2, 0.25) is 0 Å². The number of rotatable bonds is 1. The van der Waals surface area contributed by atoms with Crippen molar-refractivity contribution in [2.45, 2.75) is 5.03 Å². The lowest BCUT2D eigenvalue weighted by atomic mass is 10.8. The molecule has 0 aliphatic heterocycles. The molecule has 1 aromatic rings. The van der Waals surface area contributed by atoms with Crippen LogP contribution in [-0.2, 0) is 0 Å². The van der Waals surface area contributed by atoms with E-state index in [4.69, 9.17) is 5.73 Å². The van der Waals surface area contributed by atoms with Crippen molar-refractivity contribution in [3.8, 4) is 0 Å². The topological polar surface area (TPSA) is 74.9 Å². The predicted octanol–water partition coefficient (Wildman–Crippen LogP) is 0.508. The zero-order chi connectivity index (χ0) is 6.85. The van der Waals surface area contributed by atoms with Crippen molar-refractivity contribution in [2.24, 2.45) is 0 Å². The Morgan fingerprint density at radius 1 is 1.67 bits per heavy atom. The van der Waals surface area contributed by atoms with E-state index in [2.05, 4.69) is 8.75 Å². The molecule has 0 aliphatic carbocycles. The molecule has 4 nitrogen and oxygen atoms in total. The van der Waals surface area contributed by atoms with Crippen LogP contribution in [0.4, 0.5) is 5.82 Å². The van der Waals surface area contributed by atoms with Crippen LogP contribution in [0.5, 0.6) is 0 Å². The van der Waals surface area contributed by atoms with E-state index in [1.54, 1.807) is 0 Å². The molecule has 0 saturated carbocycles. The molecular weight excluding hydrogens is 158 g/mol. The molecule has 0 bridgehead atoms. The average molecular weight is 163 g/mol. The van der Waals surface area contributed by atoms with Crippen LogP contribution in [-0.4, -0.2) is 19.6 Å². The van der Waals surface area contributed by atoms with Crippen LogP contribution in [0, 0.1) is 0 Å². The molecule has 1 rings (SSSR count). The van der Waals surface area contributed by atoms with E-state index in [-0.39, 0.29) is 5.82 Å². The van der Waals surface area contributed by atoms with Gasteiger partial charge in [-0.2, -0.15) is 0 Å². The van der Waals surface area contributed by atoms with E-state index in [9.17, 15) is 4.55 Å². The highest BCUT2D eigenvalue weighted by Crippen LogP contribution is 2.22. The minimum Gasteiger partial charge on any atom is -0.546 e. The third-order valence-corrected chi connectivity index (χ3v) is 2.24. The highest BCUT2D eigenvalue weighted by atomic mass is 32.2. The summed E-state index contributed by atoms with van der Waals surface area (Å²) >= 11 is -0.107. The molecule has 0 aliphatic rings. The summed E-state index contributed by atoms with van der Waals surface area (Å²) in [6, 6.07) is 0. The van der Waals surface area contributed by atoms with E-state index in [0.29, 0.717) is 5.03 Å². The maximum absolute atomic E-state index is 10.5. The molecule has 0 amide bonds. The Kier molecular flexibility index (Phi) is 1.89. The zero-order valence-electron chi connectivity index (χ0n) is 4.70. The van der Waals surface area contributed by atoms with Gasteiger partial charge in [0.15, 0.2) is 11.1 Å². The Morgan fingerprint density at radius 2 is 2.33 bits per heavy atom. The maximum Gasteiger partial charge on any atom is 0.219 e. The summed E-state index contributed by atoms with van der Waals surface area (Å²) in [5.74, 6) is 0.279. The molecule has 0 aromatic carbocycles. The van der Waals surface area contributed by atoms with Crippen molar-refractivity contribution in [3.63, 3.8) is 0 Å². The van der Waals surface area contributed by atoms with Gasteiger partial charge in [-0.1, -0.05) is 0 Å². The van der Waals surface area contributed by atoms with Gasteiger partial charge >= 0.3 is 0 Å². The van der Waals surface area contributed by atoms with Gasteiger partial charge in [-0.15, -0.1) is 11.8 Å². The minimum absolute atomic E-state index is 0.279. The number of nitrogens with two attached hydrogens (primary N) is 1. The van der Waals surface area contributed by atoms with E-state index in [1.165, 1.54) is 11.8 Å². The fraction of sp³-hybridized carbons (Fsp3) is 0.333. The molecule has 1 heterocycles. The van der Waals surface area contributed by atoms with Crippen molar-refractivity contribution in [3.05, 3.63) is 0 Å². The smallest absolute Gasteiger partial charge is 0.219 e. The molecule has 1 aromatic heterocycles. The summed E-state index contributed by atoms with van der Waals surface area (Å²) in [4.78, 5) is 0. The number of hydrogen-bond donors (Lipinski definition) is 1. The van der Waals surface area contributed by atoms with Gasteiger partial charge in [0.1, 0.15) is 0 Å². The largest absolute Gasteiger partial charge is 0.546 e. The summed E-state index contributed by atoms with van der Waals surface area (Å²) in [6.07, 6.45) is 1.81. The lowest BCUT2D eigenvalue weighted by Crippen LogP contribution is -1.84. The van der Waals surface area contributed by atoms with Gasteiger partial charge < -0.3 is 10.3 Å². The maximum atomic E-state index is 10.5. The Balaban J connectivity index is 3.01. The second kappa shape index (κ2) is 2.51. The van der Waals surface area contributed by atoms with Crippen molar-refractivity contribution in [1.82, 2.24) is 8.75 Å². The van der Waals surface area contributed by atoms with Crippen LogP contribution >= 0.6 is 22.9 Å². The molecule has 0 saturated heterocycles. The molecular formula is C3H5N3OS2. The Morgan fingerprint density at radius 3 is 2.56 bits per heavy atom. The number of thioether (sulfide) groups is 1. The van der Waals surface area contributed by atoms with Crippen LogP contribution in [0.15, 0.2) is 5.03 Å². The van der Waals surface area contributed by atoms with Crippen molar-refractivity contribution >= 4 is 28.7 Å². The fourth-order valence-corrected chi connectivity index (χ4v) is 1.74. The molecule has 0 fully saturated rings. The van der Waals surface area contributed by atoms with Gasteiger partial charge in [0.2, 0.25) is 10.8 Å². The average Bonchev–Trinajstić information content (AvgIpc) is 2.10. The Labute approximate surface area is 59.6 Å². The summed E-state index contributed by atoms with van der Waals surface area (Å²) in [5.41, 5.74) is 5.29. The van der Waals surface area contributed by atoms with Gasteiger partial charge in [0, 0.05) is 4.37 Å². The molecule has 2 N–H and O–H groups in total. The van der Waals surface area contributed by atoms with Gasteiger partial charge in [-0.3, -0.25) is 0 Å². The monoisotopic (exact) mass is 163 g/mol. The van der Waals surface area contributed by atoms with Crippen LogP contribution in [0.1, 0.15) is 0 Å². The quantitative estimate of drug-likeness (QED) is 0.482. The minimum atomic E-state index is -1.45. The first-order chi connectivity index (χ1) is 4.24. The second-order valence-corrected chi connectivity index (χ2v) is 2.93. The van der Waals surface area contributed by atoms with Crippen LogP contribution < -0.4 is 5.73 Å². The van der Waals surface area contributed by atoms with Gasteiger partial charge in [-0.05, 0) is 10.6 Å². The lowest BCUT2D eigenvalue weighted by molar-refractivity contribution is 0.584. The highest BCUT2D eigenvalue weighted by Gasteiger charge is 2.09. The third kappa shape index (κ3) is 1.32. The summed E-state index contributed by atoms with van der Waals surface area (Å²) < 4.78 is 17.6. The Bertz CT molecular complexity index is 211. The number of anilines is 1. The standard InChI is InChI=1S/C3H5N3OS2/c1-8-3-2(4)5-9(7)6-3/h1H3,(H2,4,5). The van der Waals surface area contributed by atoms with Crippen molar-refractivity contribution < 1.29 is 4.55 Å². The van der Waals surface area contributed by atoms with Crippen LogP contribution in [0.3, 0.4) is 0 Å². The molecule has 9 heavy (non-hydrogen) atoms. The summed E-state index contributed by atoms with van der Waals surface area (Å²) in [6.45, 7) is 0. The molecule has 0 radical (unpaired) electrons. The Hall–Kier alpha value is -0.330. The van der Waals surface area contributed by atoms with Crippen molar-refractivity contribution in [2.75, 3.05) is 12.0 Å². The number of nitrogen functional groups attached to an aromatic ring is 1. The number of nitrogens with zero attached hydrogens (tertiary/aromatic N) is 2. The molecule has 1 unspecified atom stereocenters. The predicted molar refractivity (Wildman–Crippen MR) is 36.9 cm³/mol. The SMILES string of the molecule is CSc1n[s+]([O-])nc1N. The molecule has 6 heteroatoms. The highest BCUT2D eigenvalue weighted by molar-refractivity contribution is 7.98. The first kappa shape index (κ1) is 6.79. The molecule has 0 spiro atoms. The van der Waals surface area contributed by atoms with E-state index >= 15 is 0 Å². The number of hydrogen-bond acceptors (Lipinski definition) is 5. The van der Waals surface area contributed by atoms with E-state index in [1.807, 2.05) is 6.26 Å². The summed E-state index contributed by atoms with van der Waals surface area (Å²) in [7, 11) is 0. The number of aromatic nitrogens is 2. The third-order valence-electron chi connectivity index (χ3n) is 0.750. The molecule has 1 atom stereocenters. The zero-order valence-corrected chi connectivity index (χ0v) is 6.33. The van der Waals surface area contributed by atoms with E-state index in [0.717, 1.165) is 0 Å². The van der Waals surface area contributed by atoms with Gasteiger partial charge in [0.05, 0.1) is 0 Å². The lowest BCUT2D eigenvalue weighted by Gasteiger charge is -1.79. The fourth-order valence-electron chi connectivity index (χ4n) is 0.403. The van der Waals surface area contributed by atoms with Gasteiger partial charge in [-0.25, -0.2) is 0 Å². The molecule has 50 valence electrons. The van der Waals surface area contributed by atoms with E-state index < -0.39 is 11.1 Å². The normalized spacial score (nSPS) is 12.0. The first-order valence-corrected chi connectivity index (χ1v) is 4.42.